The fraction of sp³-hybridized carbons (Fsp3) is 0.167. The third kappa shape index (κ3) is 2.23. The van der Waals surface area contributed by atoms with Gasteiger partial charge in [0.2, 0.25) is 0 Å². The van der Waals surface area contributed by atoms with Crippen LogP contribution >= 0.6 is 15.9 Å². The fourth-order valence-corrected chi connectivity index (χ4v) is 1.96. The van der Waals surface area contributed by atoms with Crippen molar-refractivity contribution in [2.75, 3.05) is 0 Å². The molecule has 0 saturated heterocycles. The predicted octanol–water partition coefficient (Wildman–Crippen LogP) is 3.13. The summed E-state index contributed by atoms with van der Waals surface area (Å²) >= 11 is 3.42. The van der Waals surface area contributed by atoms with Crippen LogP contribution in [-0.4, -0.2) is 10.8 Å². The number of nitrogens with zero attached hydrogens (tertiary/aromatic N) is 1. The Bertz CT molecular complexity index is 522. The minimum atomic E-state index is 0.169. The molecule has 0 saturated carbocycles. The number of carbonyl (C=O) groups excluding carboxylic acids is 1. The van der Waals surface area contributed by atoms with Crippen LogP contribution in [-0.2, 0) is 11.2 Å². The van der Waals surface area contributed by atoms with Gasteiger partial charge < -0.3 is 0 Å². The smallest absolute Gasteiger partial charge is 0.134 e. The molecule has 0 bridgehead atoms. The van der Waals surface area contributed by atoms with Crippen molar-refractivity contribution >= 4 is 32.6 Å². The first-order valence-corrected chi connectivity index (χ1v) is 5.49. The van der Waals surface area contributed by atoms with Crippen LogP contribution in [0.15, 0.2) is 34.9 Å². The first-order chi connectivity index (χ1) is 7.16. The highest BCUT2D eigenvalue weighted by Crippen LogP contribution is 2.21. The summed E-state index contributed by atoms with van der Waals surface area (Å²) in [6, 6.07) is 7.80. The second kappa shape index (κ2) is 4.11. The van der Waals surface area contributed by atoms with Crippen LogP contribution in [0, 0.1) is 0 Å². The third-order valence-electron chi connectivity index (χ3n) is 2.23. The second-order valence-electron chi connectivity index (χ2n) is 3.51. The van der Waals surface area contributed by atoms with Crippen molar-refractivity contribution in [3.8, 4) is 0 Å². The highest BCUT2D eigenvalue weighted by molar-refractivity contribution is 9.10. The Balaban J connectivity index is 2.63. The molecular formula is C12H10BrNO. The average Bonchev–Trinajstić information content (AvgIpc) is 2.18. The number of ketones is 1. The van der Waals surface area contributed by atoms with Gasteiger partial charge in [-0.3, -0.25) is 9.78 Å². The summed E-state index contributed by atoms with van der Waals surface area (Å²) < 4.78 is 1.01. The first kappa shape index (κ1) is 10.3. The van der Waals surface area contributed by atoms with Crippen molar-refractivity contribution in [3.63, 3.8) is 0 Å². The molecule has 0 radical (unpaired) electrons. The summed E-state index contributed by atoms with van der Waals surface area (Å²) in [6.45, 7) is 1.60. The van der Waals surface area contributed by atoms with E-state index in [1.54, 1.807) is 13.1 Å². The third-order valence-corrected chi connectivity index (χ3v) is 2.73. The minimum Gasteiger partial charge on any atom is -0.300 e. The van der Waals surface area contributed by atoms with E-state index in [0.717, 1.165) is 20.9 Å². The van der Waals surface area contributed by atoms with Crippen LogP contribution < -0.4 is 0 Å². The lowest BCUT2D eigenvalue weighted by molar-refractivity contribution is -0.116. The molecule has 2 nitrogen and oxygen atoms in total. The number of pyridine rings is 1. The Morgan fingerprint density at radius 2 is 2.20 bits per heavy atom. The van der Waals surface area contributed by atoms with E-state index in [-0.39, 0.29) is 5.78 Å². The van der Waals surface area contributed by atoms with Gasteiger partial charge in [-0.05, 0) is 36.8 Å². The number of carbonyl (C=O) groups is 1. The molecule has 0 N–H and O–H groups in total. The molecule has 0 aliphatic rings. The molecule has 3 heteroatoms. The SMILES string of the molecule is CC(=O)Cc1ccnc2ccc(Br)cc12. The lowest BCUT2D eigenvalue weighted by Crippen LogP contribution is -1.97. The van der Waals surface area contributed by atoms with Crippen LogP contribution in [0.4, 0.5) is 0 Å². The number of benzene rings is 1. The zero-order valence-electron chi connectivity index (χ0n) is 8.33. The average molecular weight is 264 g/mol. The molecule has 0 unspecified atom stereocenters. The lowest BCUT2D eigenvalue weighted by atomic mass is 10.0. The van der Waals surface area contributed by atoms with Gasteiger partial charge in [-0.1, -0.05) is 15.9 Å². The van der Waals surface area contributed by atoms with Crippen LogP contribution in [0.3, 0.4) is 0 Å². The molecule has 15 heavy (non-hydrogen) atoms. The Morgan fingerprint density at radius 1 is 1.40 bits per heavy atom. The van der Waals surface area contributed by atoms with E-state index in [2.05, 4.69) is 20.9 Å². The number of hydrogen-bond acceptors (Lipinski definition) is 2. The van der Waals surface area contributed by atoms with Gasteiger partial charge in [-0.2, -0.15) is 0 Å². The molecule has 0 fully saturated rings. The molecule has 0 aliphatic carbocycles. The maximum Gasteiger partial charge on any atom is 0.134 e. The molecule has 0 atom stereocenters. The maximum absolute atomic E-state index is 11.1. The van der Waals surface area contributed by atoms with E-state index < -0.39 is 0 Å². The van der Waals surface area contributed by atoms with Crippen molar-refractivity contribution in [2.45, 2.75) is 13.3 Å². The zero-order valence-corrected chi connectivity index (χ0v) is 9.91. The number of hydrogen-bond donors (Lipinski definition) is 0. The van der Waals surface area contributed by atoms with Crippen LogP contribution in [0.25, 0.3) is 10.9 Å². The molecule has 2 aromatic rings. The number of fused-ring (bicyclic) bond motifs is 1. The summed E-state index contributed by atoms with van der Waals surface area (Å²) in [5, 5.41) is 1.04. The van der Waals surface area contributed by atoms with E-state index in [9.17, 15) is 4.79 Å². The molecule has 1 aromatic heterocycles. The van der Waals surface area contributed by atoms with Crippen LogP contribution in [0.5, 0.6) is 0 Å². The Labute approximate surface area is 96.5 Å². The van der Waals surface area contributed by atoms with Crippen molar-refractivity contribution in [1.82, 2.24) is 4.98 Å². The standard InChI is InChI=1S/C12H10BrNO/c1-8(15)6-9-4-5-14-12-3-2-10(13)7-11(9)12/h2-5,7H,6H2,1H3. The van der Waals surface area contributed by atoms with Gasteiger partial charge in [0.15, 0.2) is 0 Å². The van der Waals surface area contributed by atoms with Crippen molar-refractivity contribution in [1.29, 1.82) is 0 Å². The first-order valence-electron chi connectivity index (χ1n) is 4.69. The maximum atomic E-state index is 11.1. The summed E-state index contributed by atoms with van der Waals surface area (Å²) in [5.41, 5.74) is 1.96. The van der Waals surface area contributed by atoms with E-state index in [0.29, 0.717) is 6.42 Å². The van der Waals surface area contributed by atoms with Gasteiger partial charge in [0.1, 0.15) is 5.78 Å². The number of halogens is 1. The van der Waals surface area contributed by atoms with Gasteiger partial charge in [0.05, 0.1) is 5.52 Å². The molecule has 0 spiro atoms. The Morgan fingerprint density at radius 3 is 2.93 bits per heavy atom. The second-order valence-corrected chi connectivity index (χ2v) is 4.43. The normalized spacial score (nSPS) is 10.5. The van der Waals surface area contributed by atoms with Gasteiger partial charge >= 0.3 is 0 Å². The van der Waals surface area contributed by atoms with E-state index in [1.165, 1.54) is 0 Å². The molecule has 2 rings (SSSR count). The van der Waals surface area contributed by atoms with Gasteiger partial charge in [-0.15, -0.1) is 0 Å². The molecular weight excluding hydrogens is 254 g/mol. The molecule has 76 valence electrons. The molecule has 0 aliphatic heterocycles. The molecule has 1 aromatic carbocycles. The lowest BCUT2D eigenvalue weighted by Gasteiger charge is -2.04. The summed E-state index contributed by atoms with van der Waals surface area (Å²) in [7, 11) is 0. The van der Waals surface area contributed by atoms with E-state index in [1.807, 2.05) is 24.3 Å². The monoisotopic (exact) mass is 263 g/mol. The van der Waals surface area contributed by atoms with Gasteiger partial charge in [-0.25, -0.2) is 0 Å². The molecule has 0 amide bonds. The quantitative estimate of drug-likeness (QED) is 0.834. The van der Waals surface area contributed by atoms with E-state index in [4.69, 9.17) is 0 Å². The fourth-order valence-electron chi connectivity index (χ4n) is 1.60. The van der Waals surface area contributed by atoms with E-state index >= 15 is 0 Å². The number of rotatable bonds is 2. The summed E-state index contributed by atoms with van der Waals surface area (Å²) in [5.74, 6) is 0.169. The zero-order chi connectivity index (χ0) is 10.8. The highest BCUT2D eigenvalue weighted by Gasteiger charge is 2.04. The van der Waals surface area contributed by atoms with Crippen molar-refractivity contribution in [3.05, 3.63) is 40.5 Å². The largest absolute Gasteiger partial charge is 0.300 e. The number of aromatic nitrogens is 1. The molecule has 1 heterocycles. The van der Waals surface area contributed by atoms with Gasteiger partial charge in [0.25, 0.3) is 0 Å². The van der Waals surface area contributed by atoms with Gasteiger partial charge in [0, 0.05) is 22.5 Å². The number of Topliss-reactive ketones (excluding diaryl/α,β-unsaturated/α-hetero) is 1. The topological polar surface area (TPSA) is 30.0 Å². The van der Waals surface area contributed by atoms with Crippen molar-refractivity contribution < 1.29 is 4.79 Å². The van der Waals surface area contributed by atoms with Crippen LogP contribution in [0.2, 0.25) is 0 Å². The van der Waals surface area contributed by atoms with Crippen molar-refractivity contribution in [2.24, 2.45) is 0 Å². The summed E-state index contributed by atoms with van der Waals surface area (Å²) in [4.78, 5) is 15.4. The minimum absolute atomic E-state index is 0.169. The Hall–Kier alpha value is -1.22. The Kier molecular flexibility index (Phi) is 2.82. The van der Waals surface area contributed by atoms with Crippen LogP contribution in [0.1, 0.15) is 12.5 Å². The predicted molar refractivity (Wildman–Crippen MR) is 63.8 cm³/mol. The summed E-state index contributed by atoms with van der Waals surface area (Å²) in [6.07, 6.45) is 2.21. The highest BCUT2D eigenvalue weighted by atomic mass is 79.9.